The highest BCUT2D eigenvalue weighted by molar-refractivity contribution is 9.10. The van der Waals surface area contributed by atoms with Gasteiger partial charge < -0.3 is 5.73 Å². The monoisotopic (exact) mass is 223 g/mol. The topological polar surface area (TPSA) is 51.8 Å². The number of halogens is 1. The molecule has 2 heterocycles. The molecule has 0 saturated carbocycles. The van der Waals surface area contributed by atoms with E-state index in [1.54, 1.807) is 18.5 Å². The zero-order valence-corrected chi connectivity index (χ0v) is 7.75. The number of nitrogens with zero attached hydrogens (tertiary/aromatic N) is 2. The Morgan fingerprint density at radius 1 is 1.42 bits per heavy atom. The van der Waals surface area contributed by atoms with E-state index in [4.69, 9.17) is 5.73 Å². The molecule has 12 heavy (non-hydrogen) atoms. The molecule has 0 unspecified atom stereocenters. The molecular formula is C8H6BrN3. The summed E-state index contributed by atoms with van der Waals surface area (Å²) in [6, 6.07) is 3.60. The fourth-order valence-corrected chi connectivity index (χ4v) is 1.59. The Bertz CT molecular complexity index is 428. The van der Waals surface area contributed by atoms with Gasteiger partial charge in [0, 0.05) is 22.3 Å². The van der Waals surface area contributed by atoms with E-state index in [1.807, 2.05) is 6.07 Å². The van der Waals surface area contributed by atoms with Crippen molar-refractivity contribution in [2.45, 2.75) is 0 Å². The van der Waals surface area contributed by atoms with Crippen LogP contribution in [0.15, 0.2) is 29.0 Å². The van der Waals surface area contributed by atoms with Gasteiger partial charge in [0.15, 0.2) is 0 Å². The first kappa shape index (κ1) is 7.49. The van der Waals surface area contributed by atoms with Crippen LogP contribution in [0.2, 0.25) is 0 Å². The molecule has 0 radical (unpaired) electrons. The highest BCUT2D eigenvalue weighted by atomic mass is 79.9. The van der Waals surface area contributed by atoms with Gasteiger partial charge in [-0.15, -0.1) is 0 Å². The molecule has 0 aliphatic rings. The summed E-state index contributed by atoms with van der Waals surface area (Å²) in [5.41, 5.74) is 6.42. The minimum atomic E-state index is 0.514. The summed E-state index contributed by atoms with van der Waals surface area (Å²) in [5, 5.41) is 0.978. The summed E-state index contributed by atoms with van der Waals surface area (Å²) < 4.78 is 0.929. The summed E-state index contributed by atoms with van der Waals surface area (Å²) >= 11 is 3.39. The van der Waals surface area contributed by atoms with Crippen molar-refractivity contribution in [2.75, 3.05) is 5.73 Å². The molecule has 2 N–H and O–H groups in total. The van der Waals surface area contributed by atoms with Gasteiger partial charge in [-0.25, -0.2) is 4.98 Å². The third-order valence-corrected chi connectivity index (χ3v) is 2.24. The molecule has 2 aromatic heterocycles. The van der Waals surface area contributed by atoms with Gasteiger partial charge in [-0.2, -0.15) is 0 Å². The predicted octanol–water partition coefficient (Wildman–Crippen LogP) is 1.97. The number of pyridine rings is 2. The average molecular weight is 224 g/mol. The molecule has 0 bridgehead atoms. The van der Waals surface area contributed by atoms with Crippen molar-refractivity contribution in [3.63, 3.8) is 0 Å². The lowest BCUT2D eigenvalue weighted by atomic mass is 10.3. The molecule has 0 atom stereocenters. The van der Waals surface area contributed by atoms with Gasteiger partial charge in [0.05, 0.1) is 5.52 Å². The Morgan fingerprint density at radius 2 is 2.25 bits per heavy atom. The number of aromatic nitrogens is 2. The Balaban J connectivity index is 2.89. The second kappa shape index (κ2) is 2.71. The van der Waals surface area contributed by atoms with Crippen LogP contribution < -0.4 is 5.73 Å². The quantitative estimate of drug-likeness (QED) is 0.744. The van der Waals surface area contributed by atoms with Crippen molar-refractivity contribution in [1.29, 1.82) is 0 Å². The fourth-order valence-electron chi connectivity index (χ4n) is 1.05. The van der Waals surface area contributed by atoms with Crippen molar-refractivity contribution in [3.8, 4) is 0 Å². The van der Waals surface area contributed by atoms with Gasteiger partial charge in [-0.1, -0.05) is 0 Å². The minimum Gasteiger partial charge on any atom is -0.384 e. The van der Waals surface area contributed by atoms with Crippen LogP contribution in [0.4, 0.5) is 5.82 Å². The zero-order chi connectivity index (χ0) is 8.55. The zero-order valence-electron chi connectivity index (χ0n) is 6.16. The van der Waals surface area contributed by atoms with Crippen molar-refractivity contribution in [2.24, 2.45) is 0 Å². The first-order chi connectivity index (χ1) is 5.77. The molecule has 3 nitrogen and oxygen atoms in total. The van der Waals surface area contributed by atoms with Crippen LogP contribution in [0.25, 0.3) is 10.9 Å². The SMILES string of the molecule is Nc1cc(Br)c2cnccc2n1. The van der Waals surface area contributed by atoms with E-state index in [0.717, 1.165) is 15.4 Å². The molecule has 0 aliphatic heterocycles. The number of fused-ring (bicyclic) bond motifs is 1. The lowest BCUT2D eigenvalue weighted by Crippen LogP contribution is -1.90. The van der Waals surface area contributed by atoms with Crippen molar-refractivity contribution < 1.29 is 0 Å². The average Bonchev–Trinajstić information content (AvgIpc) is 2.04. The molecule has 2 aromatic rings. The molecule has 0 aliphatic carbocycles. The lowest BCUT2D eigenvalue weighted by molar-refractivity contribution is 1.32. The van der Waals surface area contributed by atoms with Gasteiger partial charge in [0.2, 0.25) is 0 Å². The Morgan fingerprint density at radius 3 is 3.08 bits per heavy atom. The number of hydrogen-bond acceptors (Lipinski definition) is 3. The van der Waals surface area contributed by atoms with Crippen LogP contribution in [0.5, 0.6) is 0 Å². The van der Waals surface area contributed by atoms with Gasteiger partial charge in [-0.05, 0) is 28.1 Å². The maximum absolute atomic E-state index is 5.56. The van der Waals surface area contributed by atoms with Crippen LogP contribution in [0, 0.1) is 0 Å². The van der Waals surface area contributed by atoms with Gasteiger partial charge >= 0.3 is 0 Å². The first-order valence-electron chi connectivity index (χ1n) is 3.43. The van der Waals surface area contributed by atoms with Gasteiger partial charge in [0.1, 0.15) is 5.82 Å². The number of rotatable bonds is 0. The molecule has 2 rings (SSSR count). The summed E-state index contributed by atoms with van der Waals surface area (Å²) in [6.45, 7) is 0. The van der Waals surface area contributed by atoms with Crippen LogP contribution in [0.3, 0.4) is 0 Å². The molecule has 60 valence electrons. The fraction of sp³-hybridized carbons (Fsp3) is 0. The standard InChI is InChI=1S/C8H6BrN3/c9-6-3-8(10)12-7-1-2-11-4-5(6)7/h1-4H,(H2,10,12). The van der Waals surface area contributed by atoms with E-state index in [1.165, 1.54) is 0 Å². The minimum absolute atomic E-state index is 0.514. The highest BCUT2D eigenvalue weighted by Crippen LogP contribution is 2.22. The predicted molar refractivity (Wildman–Crippen MR) is 51.7 cm³/mol. The third-order valence-electron chi connectivity index (χ3n) is 1.58. The van der Waals surface area contributed by atoms with E-state index in [2.05, 4.69) is 25.9 Å². The van der Waals surface area contributed by atoms with Crippen molar-refractivity contribution in [3.05, 3.63) is 29.0 Å². The van der Waals surface area contributed by atoms with E-state index in [0.29, 0.717) is 5.82 Å². The van der Waals surface area contributed by atoms with Crippen molar-refractivity contribution in [1.82, 2.24) is 9.97 Å². The number of nitrogen functional groups attached to an aromatic ring is 1. The normalized spacial score (nSPS) is 10.4. The van der Waals surface area contributed by atoms with Crippen LogP contribution in [0.1, 0.15) is 0 Å². The van der Waals surface area contributed by atoms with Crippen LogP contribution >= 0.6 is 15.9 Å². The smallest absolute Gasteiger partial charge is 0.125 e. The largest absolute Gasteiger partial charge is 0.384 e. The van der Waals surface area contributed by atoms with Gasteiger partial charge in [-0.3, -0.25) is 4.98 Å². The van der Waals surface area contributed by atoms with E-state index >= 15 is 0 Å². The summed E-state index contributed by atoms with van der Waals surface area (Å²) in [5.74, 6) is 0.514. The molecular weight excluding hydrogens is 218 g/mol. The Hall–Kier alpha value is -1.16. The lowest BCUT2D eigenvalue weighted by Gasteiger charge is -1.99. The molecule has 0 fully saturated rings. The molecule has 0 spiro atoms. The highest BCUT2D eigenvalue weighted by Gasteiger charge is 1.99. The number of hydrogen-bond donors (Lipinski definition) is 1. The van der Waals surface area contributed by atoms with E-state index < -0.39 is 0 Å². The second-order valence-electron chi connectivity index (χ2n) is 2.42. The molecule has 0 aromatic carbocycles. The molecule has 0 saturated heterocycles. The second-order valence-corrected chi connectivity index (χ2v) is 3.28. The summed E-state index contributed by atoms with van der Waals surface area (Å²) in [4.78, 5) is 8.14. The molecule has 4 heteroatoms. The van der Waals surface area contributed by atoms with E-state index in [9.17, 15) is 0 Å². The van der Waals surface area contributed by atoms with E-state index in [-0.39, 0.29) is 0 Å². The first-order valence-corrected chi connectivity index (χ1v) is 4.22. The number of nitrogens with two attached hydrogens (primary N) is 1. The number of anilines is 1. The Kier molecular flexibility index (Phi) is 1.69. The van der Waals surface area contributed by atoms with Crippen molar-refractivity contribution >= 4 is 32.7 Å². The summed E-state index contributed by atoms with van der Waals surface area (Å²) in [6.07, 6.45) is 3.45. The van der Waals surface area contributed by atoms with Gasteiger partial charge in [0.25, 0.3) is 0 Å². The maximum Gasteiger partial charge on any atom is 0.125 e. The van der Waals surface area contributed by atoms with Crippen LogP contribution in [-0.2, 0) is 0 Å². The third kappa shape index (κ3) is 1.14. The summed E-state index contributed by atoms with van der Waals surface area (Å²) in [7, 11) is 0. The van der Waals surface area contributed by atoms with Crippen LogP contribution in [-0.4, -0.2) is 9.97 Å². The Labute approximate surface area is 77.8 Å². The maximum atomic E-state index is 5.56. The molecule has 0 amide bonds.